The molecule has 1 unspecified atom stereocenters. The highest BCUT2D eigenvalue weighted by Crippen LogP contribution is 2.38. The monoisotopic (exact) mass is 455 g/mol. The third-order valence-corrected chi connectivity index (χ3v) is 6.33. The lowest BCUT2D eigenvalue weighted by Gasteiger charge is -2.29. The number of nitrogens with zero attached hydrogens (tertiary/aromatic N) is 2. The second-order valence-corrected chi connectivity index (χ2v) is 8.61. The number of aromatic nitrogens is 1. The van der Waals surface area contributed by atoms with E-state index in [1.807, 2.05) is 61.7 Å². The molecule has 1 N–H and O–H groups in total. The molecule has 2 amide bonds. The van der Waals surface area contributed by atoms with Gasteiger partial charge in [-0.3, -0.25) is 14.5 Å². The van der Waals surface area contributed by atoms with Gasteiger partial charge in [0.1, 0.15) is 17.3 Å². The Morgan fingerprint density at radius 1 is 1.32 bits per heavy atom. The zero-order valence-electron chi connectivity index (χ0n) is 17.2. The molecule has 1 aliphatic heterocycles. The number of hydrogen-bond donors (Lipinski definition) is 1. The van der Waals surface area contributed by atoms with Gasteiger partial charge in [0.25, 0.3) is 5.91 Å². The first kappa shape index (κ1) is 21.3. The normalized spacial score (nSPS) is 14.0. The van der Waals surface area contributed by atoms with Gasteiger partial charge in [0.15, 0.2) is 6.61 Å². The van der Waals surface area contributed by atoms with Crippen LogP contribution in [0.25, 0.3) is 21.8 Å². The Morgan fingerprint density at radius 2 is 2.13 bits per heavy atom. The number of halogens is 1. The van der Waals surface area contributed by atoms with E-state index in [2.05, 4.69) is 5.32 Å². The summed E-state index contributed by atoms with van der Waals surface area (Å²) in [7, 11) is 0. The number of thiazole rings is 1. The highest BCUT2D eigenvalue weighted by molar-refractivity contribution is 7.13. The van der Waals surface area contributed by atoms with Gasteiger partial charge in [-0.1, -0.05) is 36.7 Å². The van der Waals surface area contributed by atoms with Crippen molar-refractivity contribution in [2.45, 2.75) is 26.3 Å². The number of hydrogen-bond acceptors (Lipinski definition) is 5. The molecule has 0 saturated carbocycles. The van der Waals surface area contributed by atoms with Gasteiger partial charge in [-0.15, -0.1) is 11.3 Å². The van der Waals surface area contributed by atoms with E-state index in [9.17, 15) is 9.59 Å². The fourth-order valence-corrected chi connectivity index (χ4v) is 4.41. The summed E-state index contributed by atoms with van der Waals surface area (Å²) in [5, 5.41) is 6.31. The lowest BCUT2D eigenvalue weighted by Crippen LogP contribution is -2.46. The fourth-order valence-electron chi connectivity index (χ4n) is 3.27. The summed E-state index contributed by atoms with van der Waals surface area (Å²) in [5.41, 5.74) is 3.05. The van der Waals surface area contributed by atoms with Crippen molar-refractivity contribution in [2.75, 3.05) is 18.1 Å². The molecule has 0 spiro atoms. The maximum Gasteiger partial charge on any atom is 0.265 e. The standard InChI is InChI=1S/C23H22ClN3O3S/c1-3-14(2)25-21(28)11-27-19-10-15(8-9-20(19)30-12-22(27)29)18-13-31-23(26-18)16-6-4-5-7-17(16)24/h4-10,13-14H,3,11-12H2,1-2H3,(H,25,28). The molecule has 0 radical (unpaired) electrons. The SMILES string of the molecule is CCC(C)NC(=O)CN1C(=O)COc2ccc(-c3csc(-c4ccccc4Cl)n3)cc21. The Balaban J connectivity index is 1.63. The molecule has 2 aromatic carbocycles. The van der Waals surface area contributed by atoms with E-state index >= 15 is 0 Å². The molecule has 1 aromatic heterocycles. The first-order chi connectivity index (χ1) is 15.0. The largest absolute Gasteiger partial charge is 0.482 e. The van der Waals surface area contributed by atoms with Crippen LogP contribution >= 0.6 is 22.9 Å². The lowest BCUT2D eigenvalue weighted by atomic mass is 10.1. The highest BCUT2D eigenvalue weighted by Gasteiger charge is 2.28. The number of fused-ring (bicyclic) bond motifs is 1. The van der Waals surface area contributed by atoms with Crippen molar-refractivity contribution in [3.05, 3.63) is 52.9 Å². The van der Waals surface area contributed by atoms with E-state index in [4.69, 9.17) is 21.3 Å². The van der Waals surface area contributed by atoms with Crippen LogP contribution in [0.1, 0.15) is 20.3 Å². The maximum absolute atomic E-state index is 12.5. The molecule has 3 aromatic rings. The molecule has 1 aliphatic rings. The van der Waals surface area contributed by atoms with E-state index in [1.165, 1.54) is 16.2 Å². The number of rotatable bonds is 6. The van der Waals surface area contributed by atoms with Crippen LogP contribution < -0.4 is 15.0 Å². The van der Waals surface area contributed by atoms with Crippen LogP contribution in [-0.2, 0) is 9.59 Å². The van der Waals surface area contributed by atoms with Gasteiger partial charge in [-0.25, -0.2) is 4.98 Å². The lowest BCUT2D eigenvalue weighted by molar-refractivity contribution is -0.125. The molecule has 0 aliphatic carbocycles. The number of carbonyl (C=O) groups is 2. The first-order valence-corrected chi connectivity index (χ1v) is 11.3. The minimum absolute atomic E-state index is 0.0488. The average molecular weight is 456 g/mol. The molecule has 1 atom stereocenters. The molecular formula is C23H22ClN3O3S. The third-order valence-electron chi connectivity index (χ3n) is 5.13. The van der Waals surface area contributed by atoms with Crippen LogP contribution in [0.3, 0.4) is 0 Å². The number of amides is 2. The van der Waals surface area contributed by atoms with Gasteiger partial charge >= 0.3 is 0 Å². The van der Waals surface area contributed by atoms with Crippen molar-refractivity contribution in [2.24, 2.45) is 0 Å². The smallest absolute Gasteiger partial charge is 0.265 e. The number of ether oxygens (including phenoxy) is 1. The van der Waals surface area contributed by atoms with Crippen molar-refractivity contribution in [1.82, 2.24) is 10.3 Å². The van der Waals surface area contributed by atoms with E-state index in [-0.39, 0.29) is 31.0 Å². The number of benzene rings is 2. The highest BCUT2D eigenvalue weighted by atomic mass is 35.5. The minimum atomic E-state index is -0.251. The van der Waals surface area contributed by atoms with Gasteiger partial charge < -0.3 is 10.1 Å². The van der Waals surface area contributed by atoms with Gasteiger partial charge in [-0.05, 0) is 37.6 Å². The van der Waals surface area contributed by atoms with Gasteiger partial charge in [0.2, 0.25) is 5.91 Å². The van der Waals surface area contributed by atoms with Crippen molar-refractivity contribution in [3.8, 4) is 27.6 Å². The molecule has 8 heteroatoms. The zero-order valence-corrected chi connectivity index (χ0v) is 18.8. The Morgan fingerprint density at radius 3 is 2.90 bits per heavy atom. The Kier molecular flexibility index (Phi) is 6.25. The van der Waals surface area contributed by atoms with E-state index in [0.29, 0.717) is 16.5 Å². The Hall–Kier alpha value is -2.90. The molecule has 0 bridgehead atoms. The van der Waals surface area contributed by atoms with Crippen LogP contribution in [0.4, 0.5) is 5.69 Å². The predicted octanol–water partition coefficient (Wildman–Crippen LogP) is 4.77. The first-order valence-electron chi connectivity index (χ1n) is 10.0. The van der Waals surface area contributed by atoms with E-state index in [1.54, 1.807) is 0 Å². The Labute approximate surface area is 189 Å². The van der Waals surface area contributed by atoms with E-state index < -0.39 is 0 Å². The van der Waals surface area contributed by atoms with Crippen molar-refractivity contribution >= 4 is 40.4 Å². The van der Waals surface area contributed by atoms with Crippen LogP contribution in [-0.4, -0.2) is 36.0 Å². The second-order valence-electron chi connectivity index (χ2n) is 7.35. The maximum atomic E-state index is 12.5. The summed E-state index contributed by atoms with van der Waals surface area (Å²) < 4.78 is 5.57. The summed E-state index contributed by atoms with van der Waals surface area (Å²) in [6, 6.07) is 13.2. The number of nitrogens with one attached hydrogen (secondary N) is 1. The predicted molar refractivity (Wildman–Crippen MR) is 124 cm³/mol. The van der Waals surface area contributed by atoms with Crippen molar-refractivity contribution in [3.63, 3.8) is 0 Å². The van der Waals surface area contributed by atoms with E-state index in [0.717, 1.165) is 28.2 Å². The van der Waals surface area contributed by atoms with Crippen LogP contribution in [0.5, 0.6) is 5.75 Å². The Bertz CT molecular complexity index is 1130. The average Bonchev–Trinajstić information content (AvgIpc) is 3.25. The van der Waals surface area contributed by atoms with Gasteiger partial charge in [0.05, 0.1) is 16.4 Å². The summed E-state index contributed by atoms with van der Waals surface area (Å²) in [4.78, 5) is 31.1. The fraction of sp³-hybridized carbons (Fsp3) is 0.261. The quantitative estimate of drug-likeness (QED) is 0.581. The number of anilines is 1. The summed E-state index contributed by atoms with van der Waals surface area (Å²) in [5.74, 6) is 0.121. The van der Waals surface area contributed by atoms with Gasteiger partial charge in [-0.2, -0.15) is 0 Å². The van der Waals surface area contributed by atoms with Crippen LogP contribution in [0.15, 0.2) is 47.8 Å². The number of carbonyl (C=O) groups excluding carboxylic acids is 2. The van der Waals surface area contributed by atoms with Crippen molar-refractivity contribution < 1.29 is 14.3 Å². The molecule has 6 nitrogen and oxygen atoms in total. The van der Waals surface area contributed by atoms with Crippen LogP contribution in [0, 0.1) is 0 Å². The molecular weight excluding hydrogens is 434 g/mol. The molecule has 31 heavy (non-hydrogen) atoms. The topological polar surface area (TPSA) is 71.5 Å². The summed E-state index contributed by atoms with van der Waals surface area (Å²) >= 11 is 7.81. The molecule has 160 valence electrons. The molecule has 2 heterocycles. The van der Waals surface area contributed by atoms with Gasteiger partial charge in [0, 0.05) is 22.5 Å². The summed E-state index contributed by atoms with van der Waals surface area (Å²) in [6.07, 6.45) is 0.821. The second kappa shape index (κ2) is 9.08. The summed E-state index contributed by atoms with van der Waals surface area (Å²) in [6.45, 7) is 3.79. The zero-order chi connectivity index (χ0) is 22.0. The minimum Gasteiger partial charge on any atom is -0.482 e. The third kappa shape index (κ3) is 4.57. The molecule has 0 fully saturated rings. The van der Waals surface area contributed by atoms with Crippen molar-refractivity contribution in [1.29, 1.82) is 0 Å². The van der Waals surface area contributed by atoms with Crippen LogP contribution in [0.2, 0.25) is 5.02 Å². The molecule has 0 saturated heterocycles. The molecule has 4 rings (SSSR count).